The van der Waals surface area contributed by atoms with E-state index in [4.69, 9.17) is 0 Å². The first-order valence-electron chi connectivity index (χ1n) is 7.37. The van der Waals surface area contributed by atoms with Crippen LogP contribution in [0.25, 0.3) is 11.1 Å². The maximum atomic E-state index is 3.48. The number of hydrogen-bond acceptors (Lipinski definition) is 1. The Morgan fingerprint density at radius 3 is 2.15 bits per heavy atom. The van der Waals surface area contributed by atoms with Crippen LogP contribution < -0.4 is 5.32 Å². The normalized spacial score (nSPS) is 11.1. The van der Waals surface area contributed by atoms with Crippen molar-refractivity contribution in [3.8, 4) is 11.1 Å². The van der Waals surface area contributed by atoms with E-state index in [1.165, 1.54) is 33.4 Å². The summed E-state index contributed by atoms with van der Waals surface area (Å²) in [7, 11) is 0. The number of rotatable bonds is 4. The van der Waals surface area contributed by atoms with E-state index in [2.05, 4.69) is 76.3 Å². The van der Waals surface area contributed by atoms with Gasteiger partial charge in [0.05, 0.1) is 0 Å². The van der Waals surface area contributed by atoms with Gasteiger partial charge in [-0.3, -0.25) is 0 Å². The maximum Gasteiger partial charge on any atom is 0.0208 e. The molecule has 0 bridgehead atoms. The molecule has 0 saturated carbocycles. The van der Waals surface area contributed by atoms with Crippen molar-refractivity contribution in [1.29, 1.82) is 0 Å². The van der Waals surface area contributed by atoms with Gasteiger partial charge in [-0.05, 0) is 49.1 Å². The molecule has 2 aromatic rings. The van der Waals surface area contributed by atoms with Crippen molar-refractivity contribution in [2.75, 3.05) is 0 Å². The minimum atomic E-state index is 0.515. The Labute approximate surface area is 123 Å². The van der Waals surface area contributed by atoms with Crippen LogP contribution in [-0.2, 0) is 6.54 Å². The lowest BCUT2D eigenvalue weighted by Gasteiger charge is -2.13. The van der Waals surface area contributed by atoms with E-state index in [9.17, 15) is 0 Å². The van der Waals surface area contributed by atoms with Crippen molar-refractivity contribution in [3.63, 3.8) is 0 Å². The average molecular weight is 267 g/mol. The van der Waals surface area contributed by atoms with Crippen molar-refractivity contribution < 1.29 is 0 Å². The Bertz CT molecular complexity index is 576. The Morgan fingerprint density at radius 1 is 0.900 bits per heavy atom. The molecule has 0 aliphatic rings. The highest BCUT2D eigenvalue weighted by Crippen LogP contribution is 2.26. The van der Waals surface area contributed by atoms with Gasteiger partial charge in [0.15, 0.2) is 0 Å². The highest BCUT2D eigenvalue weighted by Gasteiger charge is 2.05. The van der Waals surface area contributed by atoms with Crippen molar-refractivity contribution in [2.45, 2.75) is 47.2 Å². The van der Waals surface area contributed by atoms with E-state index in [0.717, 1.165) is 6.54 Å². The topological polar surface area (TPSA) is 12.0 Å². The molecule has 20 heavy (non-hydrogen) atoms. The first kappa shape index (κ1) is 14.8. The maximum absolute atomic E-state index is 3.48. The predicted octanol–water partition coefficient (Wildman–Crippen LogP) is 4.78. The molecule has 2 rings (SSSR count). The van der Waals surface area contributed by atoms with Crippen LogP contribution in [0, 0.1) is 20.8 Å². The summed E-state index contributed by atoms with van der Waals surface area (Å²) in [5, 5.41) is 3.48. The second-order valence-corrected chi connectivity index (χ2v) is 6.06. The highest BCUT2D eigenvalue weighted by molar-refractivity contribution is 5.69. The van der Waals surface area contributed by atoms with E-state index in [0.29, 0.717) is 6.04 Å². The molecule has 0 aliphatic carbocycles. The van der Waals surface area contributed by atoms with Crippen LogP contribution in [0.4, 0.5) is 0 Å². The van der Waals surface area contributed by atoms with Crippen LogP contribution in [-0.4, -0.2) is 6.04 Å². The summed E-state index contributed by atoms with van der Waals surface area (Å²) in [5.41, 5.74) is 8.00. The van der Waals surface area contributed by atoms with E-state index in [1.54, 1.807) is 0 Å². The molecule has 0 fully saturated rings. The van der Waals surface area contributed by atoms with Crippen LogP contribution in [0.15, 0.2) is 36.4 Å². The zero-order valence-corrected chi connectivity index (χ0v) is 13.2. The number of nitrogens with one attached hydrogen (secondary N) is 1. The quantitative estimate of drug-likeness (QED) is 0.841. The van der Waals surface area contributed by atoms with Crippen molar-refractivity contribution >= 4 is 0 Å². The fourth-order valence-electron chi connectivity index (χ4n) is 2.54. The largest absolute Gasteiger partial charge is 0.310 e. The van der Waals surface area contributed by atoms with Gasteiger partial charge in [-0.1, -0.05) is 55.3 Å². The number of aryl methyl sites for hydroxylation is 3. The molecule has 0 saturated heterocycles. The fraction of sp³-hybridized carbons (Fsp3) is 0.368. The molecule has 0 radical (unpaired) electrons. The third-order valence-corrected chi connectivity index (χ3v) is 3.55. The summed E-state index contributed by atoms with van der Waals surface area (Å²) in [5.74, 6) is 0. The van der Waals surface area contributed by atoms with Crippen LogP contribution in [0.2, 0.25) is 0 Å². The molecule has 0 amide bonds. The van der Waals surface area contributed by atoms with Gasteiger partial charge in [-0.25, -0.2) is 0 Å². The smallest absolute Gasteiger partial charge is 0.0208 e. The minimum Gasteiger partial charge on any atom is -0.310 e. The predicted molar refractivity (Wildman–Crippen MR) is 88.1 cm³/mol. The second kappa shape index (κ2) is 6.23. The molecule has 106 valence electrons. The molecule has 0 spiro atoms. The lowest BCUT2D eigenvalue weighted by molar-refractivity contribution is 0.589. The minimum absolute atomic E-state index is 0.515. The Hall–Kier alpha value is -1.60. The average Bonchev–Trinajstić information content (AvgIpc) is 2.36. The van der Waals surface area contributed by atoms with Crippen LogP contribution in [0.3, 0.4) is 0 Å². The Kier molecular flexibility index (Phi) is 4.61. The molecule has 1 N–H and O–H groups in total. The second-order valence-electron chi connectivity index (χ2n) is 6.06. The van der Waals surface area contributed by atoms with Gasteiger partial charge in [-0.15, -0.1) is 0 Å². The molecular weight excluding hydrogens is 242 g/mol. The van der Waals surface area contributed by atoms with E-state index in [-0.39, 0.29) is 0 Å². The van der Waals surface area contributed by atoms with Gasteiger partial charge in [0, 0.05) is 12.6 Å². The van der Waals surface area contributed by atoms with Crippen LogP contribution in [0.5, 0.6) is 0 Å². The lowest BCUT2D eigenvalue weighted by atomic mass is 9.95. The van der Waals surface area contributed by atoms with Gasteiger partial charge in [0.1, 0.15) is 0 Å². The fourth-order valence-corrected chi connectivity index (χ4v) is 2.54. The lowest BCUT2D eigenvalue weighted by Crippen LogP contribution is -2.21. The molecular formula is C19H25N. The summed E-state index contributed by atoms with van der Waals surface area (Å²) < 4.78 is 0. The third kappa shape index (κ3) is 3.71. The summed E-state index contributed by atoms with van der Waals surface area (Å²) in [6.07, 6.45) is 0. The van der Waals surface area contributed by atoms with Gasteiger partial charge >= 0.3 is 0 Å². The third-order valence-electron chi connectivity index (χ3n) is 3.55. The molecule has 0 aliphatic heterocycles. The van der Waals surface area contributed by atoms with Crippen molar-refractivity contribution in [2.24, 2.45) is 0 Å². The van der Waals surface area contributed by atoms with Crippen LogP contribution >= 0.6 is 0 Å². The standard InChI is InChI=1S/C19H25N/c1-13(2)20-12-17-7-6-16(5)19(11-17)18-9-14(3)8-15(4)10-18/h6-11,13,20H,12H2,1-5H3. The Morgan fingerprint density at radius 2 is 1.55 bits per heavy atom. The summed E-state index contributed by atoms with van der Waals surface area (Å²) in [4.78, 5) is 0. The SMILES string of the molecule is Cc1cc(C)cc(-c2cc(CNC(C)C)ccc2C)c1. The summed E-state index contributed by atoms with van der Waals surface area (Å²) in [6, 6.07) is 14.0. The molecule has 0 aromatic heterocycles. The van der Waals surface area contributed by atoms with E-state index < -0.39 is 0 Å². The molecule has 0 unspecified atom stereocenters. The van der Waals surface area contributed by atoms with E-state index in [1.807, 2.05) is 0 Å². The number of hydrogen-bond donors (Lipinski definition) is 1. The van der Waals surface area contributed by atoms with E-state index >= 15 is 0 Å². The van der Waals surface area contributed by atoms with Crippen molar-refractivity contribution in [1.82, 2.24) is 5.32 Å². The highest BCUT2D eigenvalue weighted by atomic mass is 14.9. The molecule has 1 heteroatoms. The first-order chi connectivity index (χ1) is 9.45. The molecule has 2 aromatic carbocycles. The van der Waals surface area contributed by atoms with Gasteiger partial charge in [0.25, 0.3) is 0 Å². The van der Waals surface area contributed by atoms with Crippen LogP contribution in [0.1, 0.15) is 36.1 Å². The monoisotopic (exact) mass is 267 g/mol. The van der Waals surface area contributed by atoms with Crippen molar-refractivity contribution in [3.05, 3.63) is 58.7 Å². The molecule has 0 heterocycles. The zero-order chi connectivity index (χ0) is 14.7. The summed E-state index contributed by atoms with van der Waals surface area (Å²) in [6.45, 7) is 11.8. The van der Waals surface area contributed by atoms with Gasteiger partial charge in [0.2, 0.25) is 0 Å². The number of benzene rings is 2. The molecule has 0 atom stereocenters. The Balaban J connectivity index is 2.37. The van der Waals surface area contributed by atoms with Gasteiger partial charge in [-0.2, -0.15) is 0 Å². The van der Waals surface area contributed by atoms with Gasteiger partial charge < -0.3 is 5.32 Å². The first-order valence-corrected chi connectivity index (χ1v) is 7.37. The molecule has 1 nitrogen and oxygen atoms in total. The zero-order valence-electron chi connectivity index (χ0n) is 13.2. The summed E-state index contributed by atoms with van der Waals surface area (Å²) >= 11 is 0.